The van der Waals surface area contributed by atoms with Gasteiger partial charge in [0.15, 0.2) is 5.78 Å². The van der Waals surface area contributed by atoms with Crippen molar-refractivity contribution in [2.45, 2.75) is 76.9 Å². The molecule has 3 saturated carbocycles. The monoisotopic (exact) mass is 668 g/mol. The first-order chi connectivity index (χ1) is 23.5. The van der Waals surface area contributed by atoms with Gasteiger partial charge < -0.3 is 29.9 Å². The smallest absolute Gasteiger partial charge is 0.321 e. The molecule has 3 N–H and O–H groups in total. The number of allylic oxidation sites excluding steroid dienone is 4. The number of carbonyl (C=O) groups is 2. The van der Waals surface area contributed by atoms with Crippen molar-refractivity contribution in [1.82, 2.24) is 4.90 Å². The molecule has 49 heavy (non-hydrogen) atoms. The van der Waals surface area contributed by atoms with Gasteiger partial charge in [0.2, 0.25) is 0 Å². The van der Waals surface area contributed by atoms with E-state index < -0.39 is 27.9 Å². The number of methoxy groups -OCH3 is 2. The lowest BCUT2D eigenvalue weighted by Gasteiger charge is -2.71. The molecule has 2 aromatic rings. The van der Waals surface area contributed by atoms with Gasteiger partial charge in [-0.2, -0.15) is 0 Å². The number of nitrogens with one attached hydrogen (secondary N) is 1. The summed E-state index contributed by atoms with van der Waals surface area (Å²) < 4.78 is 10.7. The standard InChI is InChI=1S/C41H52N2O6/c1-37-18-15-30(44)25-39(37)21-22-41(32(26-39)35(45)28-11-13-31(49-4)14-12-28)33(37)16-19-38(2)34(41)17-20-40(38,47)27-43(23-8-24-48-3)36(46)42-29-9-6-5-7-10-29/h5-7,9-14,21-22,26,30,33-34,44,47H,8,15-20,23-25,27H2,1-4H3,(H,42,46). The number of para-hydroxylation sites is 1. The van der Waals surface area contributed by atoms with Crippen molar-refractivity contribution < 1.29 is 29.3 Å². The number of nitrogens with zero attached hydrogens (tertiary/aromatic N) is 1. The molecule has 8 heteroatoms. The normalized spacial score (nSPS) is 37.0. The summed E-state index contributed by atoms with van der Waals surface area (Å²) >= 11 is 0. The van der Waals surface area contributed by atoms with E-state index in [0.29, 0.717) is 49.4 Å². The van der Waals surface area contributed by atoms with E-state index in [1.165, 1.54) is 0 Å². The molecule has 262 valence electrons. The van der Waals surface area contributed by atoms with Crippen molar-refractivity contribution in [3.05, 3.63) is 84.0 Å². The van der Waals surface area contributed by atoms with Crippen LogP contribution in [0.4, 0.5) is 10.5 Å². The molecule has 2 aromatic carbocycles. The number of ether oxygens (including phenoxy) is 2. The first-order valence-corrected chi connectivity index (χ1v) is 18.1. The summed E-state index contributed by atoms with van der Waals surface area (Å²) in [5.74, 6) is 0.903. The lowest BCUT2D eigenvalue weighted by atomic mass is 9.32. The highest BCUT2D eigenvalue weighted by atomic mass is 16.5. The molecule has 2 bridgehead atoms. The predicted molar refractivity (Wildman–Crippen MR) is 189 cm³/mol. The number of urea groups is 1. The summed E-state index contributed by atoms with van der Waals surface area (Å²) in [7, 11) is 3.28. The largest absolute Gasteiger partial charge is 0.497 e. The number of anilines is 1. The third-order valence-corrected chi connectivity index (χ3v) is 13.8. The Kier molecular flexibility index (Phi) is 8.60. The van der Waals surface area contributed by atoms with Crippen LogP contribution in [0.5, 0.6) is 5.75 Å². The van der Waals surface area contributed by atoms with E-state index in [0.717, 1.165) is 37.7 Å². The molecule has 0 aromatic heterocycles. The molecule has 8 atom stereocenters. The fourth-order valence-corrected chi connectivity index (χ4v) is 11.2. The van der Waals surface area contributed by atoms with Gasteiger partial charge in [-0.15, -0.1) is 0 Å². The fraction of sp³-hybridized carbons (Fsp3) is 0.561. The molecule has 3 fully saturated rings. The minimum atomic E-state index is -1.16. The molecule has 0 radical (unpaired) electrons. The van der Waals surface area contributed by atoms with Crippen LogP contribution in [0.3, 0.4) is 0 Å². The Morgan fingerprint density at radius 2 is 1.61 bits per heavy atom. The van der Waals surface area contributed by atoms with Crippen LogP contribution in [-0.2, 0) is 4.74 Å². The molecular formula is C41H52N2O6. The number of aliphatic hydroxyl groups excluding tert-OH is 1. The van der Waals surface area contributed by atoms with Gasteiger partial charge in [0.25, 0.3) is 0 Å². The number of ketones is 1. The van der Waals surface area contributed by atoms with Gasteiger partial charge >= 0.3 is 6.03 Å². The van der Waals surface area contributed by atoms with Gasteiger partial charge in [-0.25, -0.2) is 4.79 Å². The van der Waals surface area contributed by atoms with E-state index in [1.54, 1.807) is 19.1 Å². The second kappa shape index (κ2) is 12.4. The van der Waals surface area contributed by atoms with E-state index in [1.807, 2.05) is 54.6 Å². The number of carbonyl (C=O) groups excluding carboxylic acids is 2. The molecule has 0 aliphatic heterocycles. The Morgan fingerprint density at radius 1 is 0.918 bits per heavy atom. The van der Waals surface area contributed by atoms with Gasteiger partial charge in [0.05, 0.1) is 25.4 Å². The summed E-state index contributed by atoms with van der Waals surface area (Å²) in [6.07, 6.45) is 12.4. The molecule has 6 aliphatic rings. The number of aliphatic hydroxyl groups is 2. The number of hydrogen-bond acceptors (Lipinski definition) is 6. The number of amides is 2. The topological polar surface area (TPSA) is 108 Å². The van der Waals surface area contributed by atoms with Crippen molar-refractivity contribution in [2.75, 3.05) is 39.2 Å². The van der Waals surface area contributed by atoms with Crippen molar-refractivity contribution in [2.24, 2.45) is 33.5 Å². The van der Waals surface area contributed by atoms with E-state index in [9.17, 15) is 19.8 Å². The van der Waals surface area contributed by atoms with Crippen LogP contribution < -0.4 is 10.1 Å². The number of fused-ring (bicyclic) bond motifs is 1. The number of Topliss-reactive ketones (excluding diaryl/α,β-unsaturated/α-hetero) is 1. The second-order valence-corrected chi connectivity index (χ2v) is 15.9. The van der Waals surface area contributed by atoms with Crippen LogP contribution in [0.2, 0.25) is 0 Å². The van der Waals surface area contributed by atoms with Crippen LogP contribution in [0.15, 0.2) is 78.4 Å². The Hall–Kier alpha value is -3.46. The first-order valence-electron chi connectivity index (χ1n) is 18.1. The SMILES string of the molecule is COCCCN(CC1(O)CCC2C34C=CC5(C=C3C(=O)c3ccc(OC)cc3)CC(O)CCC5(C)C4CCC21C)C(=O)Nc1ccccc1. The molecular weight excluding hydrogens is 616 g/mol. The Bertz CT molecular complexity index is 1640. The summed E-state index contributed by atoms with van der Waals surface area (Å²) in [5.41, 5.74) is -0.645. The molecule has 0 saturated heterocycles. The van der Waals surface area contributed by atoms with Crippen LogP contribution in [0.25, 0.3) is 0 Å². The quantitative estimate of drug-likeness (QED) is 0.142. The van der Waals surface area contributed by atoms with Gasteiger partial charge in [-0.05, 0) is 105 Å². The first kappa shape index (κ1) is 34.0. The zero-order valence-corrected chi connectivity index (χ0v) is 29.4. The van der Waals surface area contributed by atoms with E-state index in [-0.39, 0.29) is 35.6 Å². The Morgan fingerprint density at radius 3 is 2.33 bits per heavy atom. The average molecular weight is 669 g/mol. The van der Waals surface area contributed by atoms with E-state index >= 15 is 0 Å². The van der Waals surface area contributed by atoms with Crippen molar-refractivity contribution in [3.8, 4) is 5.75 Å². The maximum atomic E-state index is 14.8. The van der Waals surface area contributed by atoms with Crippen molar-refractivity contribution in [1.29, 1.82) is 0 Å². The van der Waals surface area contributed by atoms with Crippen LogP contribution in [0.1, 0.15) is 75.6 Å². The second-order valence-electron chi connectivity index (χ2n) is 15.9. The number of rotatable bonds is 10. The van der Waals surface area contributed by atoms with Gasteiger partial charge in [-0.1, -0.05) is 50.3 Å². The summed E-state index contributed by atoms with van der Waals surface area (Å²) in [6, 6.07) is 16.6. The van der Waals surface area contributed by atoms with Gasteiger partial charge in [0, 0.05) is 53.3 Å². The summed E-state index contributed by atoms with van der Waals surface area (Å²) in [5, 5.41) is 26.9. The number of benzene rings is 2. The molecule has 8 rings (SSSR count). The van der Waals surface area contributed by atoms with Crippen LogP contribution in [0, 0.1) is 33.5 Å². The van der Waals surface area contributed by atoms with E-state index in [4.69, 9.17) is 9.47 Å². The van der Waals surface area contributed by atoms with Gasteiger partial charge in [-0.3, -0.25) is 4.79 Å². The lowest BCUT2D eigenvalue weighted by molar-refractivity contribution is -0.174. The van der Waals surface area contributed by atoms with E-state index in [2.05, 4.69) is 37.4 Å². The molecule has 2 spiro atoms. The maximum Gasteiger partial charge on any atom is 0.321 e. The van der Waals surface area contributed by atoms with Crippen molar-refractivity contribution >= 4 is 17.5 Å². The molecule has 6 aliphatic carbocycles. The molecule has 0 heterocycles. The Balaban J connectivity index is 1.27. The third-order valence-electron chi connectivity index (χ3n) is 13.8. The molecule has 2 amide bonds. The van der Waals surface area contributed by atoms with Crippen LogP contribution in [-0.4, -0.2) is 72.5 Å². The fourth-order valence-electron chi connectivity index (χ4n) is 11.2. The summed E-state index contributed by atoms with van der Waals surface area (Å²) in [4.78, 5) is 30.3. The predicted octanol–water partition coefficient (Wildman–Crippen LogP) is 7.04. The zero-order chi connectivity index (χ0) is 34.7. The van der Waals surface area contributed by atoms with Gasteiger partial charge in [0.1, 0.15) is 5.75 Å². The minimum Gasteiger partial charge on any atom is -0.497 e. The number of hydrogen-bond donors (Lipinski definition) is 3. The highest BCUT2D eigenvalue weighted by Crippen LogP contribution is 2.78. The maximum absolute atomic E-state index is 14.8. The average Bonchev–Trinajstić information content (AvgIpc) is 3.38. The Labute approximate surface area is 290 Å². The molecule has 8 nitrogen and oxygen atoms in total. The molecule has 8 unspecified atom stereocenters. The third kappa shape index (κ3) is 5.11. The zero-order valence-electron chi connectivity index (χ0n) is 29.4. The summed E-state index contributed by atoms with van der Waals surface area (Å²) in [6.45, 7) is 5.77. The lowest BCUT2D eigenvalue weighted by Crippen LogP contribution is -2.67. The highest BCUT2D eigenvalue weighted by molar-refractivity contribution is 6.10. The van der Waals surface area contributed by atoms with Crippen LogP contribution >= 0.6 is 0 Å². The highest BCUT2D eigenvalue weighted by Gasteiger charge is 2.74. The minimum absolute atomic E-state index is 0.00608. The van der Waals surface area contributed by atoms with Crippen molar-refractivity contribution in [3.63, 3.8) is 0 Å².